The second-order valence-electron chi connectivity index (χ2n) is 3.93. The van der Waals surface area contributed by atoms with Gasteiger partial charge >= 0.3 is 6.03 Å². The molecule has 2 rings (SSSR count). The van der Waals surface area contributed by atoms with Crippen molar-refractivity contribution in [2.45, 2.75) is 6.54 Å². The maximum atomic E-state index is 10.8. The minimum absolute atomic E-state index is 0.579. The summed E-state index contributed by atoms with van der Waals surface area (Å²) in [4.78, 5) is 10.8. The van der Waals surface area contributed by atoms with E-state index < -0.39 is 6.03 Å². The molecule has 19 heavy (non-hydrogen) atoms. The maximum absolute atomic E-state index is 10.8. The number of anilines is 2. The zero-order valence-electron chi connectivity index (χ0n) is 10.3. The summed E-state index contributed by atoms with van der Waals surface area (Å²) in [5.41, 5.74) is 7.64. The number of carbonyl (C=O) groups excluding carboxylic acids is 1. The Bertz CT molecular complexity index is 590. The first-order chi connectivity index (χ1) is 9.17. The Labute approximate surface area is 110 Å². The summed E-state index contributed by atoms with van der Waals surface area (Å²) in [6, 6.07) is 6.74. The molecule has 1 heterocycles. The van der Waals surface area contributed by atoms with Crippen LogP contribution in [0.5, 0.6) is 0 Å². The molecule has 98 valence electrons. The number of primary amides is 1. The van der Waals surface area contributed by atoms with Crippen molar-refractivity contribution >= 4 is 23.6 Å². The molecule has 0 bridgehead atoms. The highest BCUT2D eigenvalue weighted by Gasteiger charge is 2.00. The summed E-state index contributed by atoms with van der Waals surface area (Å²) in [6.07, 6.45) is 5.27. The monoisotopic (exact) mass is 257 g/mol. The Morgan fingerprint density at radius 2 is 2.26 bits per heavy atom. The Morgan fingerprint density at radius 1 is 1.47 bits per heavy atom. The Hall–Kier alpha value is -2.76. The van der Waals surface area contributed by atoms with Gasteiger partial charge in [0.05, 0.1) is 6.20 Å². The van der Waals surface area contributed by atoms with E-state index in [0.717, 1.165) is 11.3 Å². The van der Waals surface area contributed by atoms with E-state index in [1.165, 1.54) is 0 Å². The third-order valence-electron chi connectivity index (χ3n) is 2.47. The second-order valence-corrected chi connectivity index (χ2v) is 3.93. The molecule has 0 unspecified atom stereocenters. The van der Waals surface area contributed by atoms with Crippen molar-refractivity contribution in [2.75, 3.05) is 10.6 Å². The first-order valence-electron chi connectivity index (χ1n) is 5.73. The summed E-state index contributed by atoms with van der Waals surface area (Å²) < 4.78 is 1.64. The summed E-state index contributed by atoms with van der Waals surface area (Å²) in [6.45, 7) is 4.26. The normalized spacial score (nSPS) is 9.89. The van der Waals surface area contributed by atoms with E-state index in [-0.39, 0.29) is 0 Å². The molecule has 0 saturated heterocycles. The van der Waals surface area contributed by atoms with Gasteiger partial charge < -0.3 is 16.4 Å². The molecule has 0 atom stereocenters. The number of aromatic nitrogens is 2. The van der Waals surface area contributed by atoms with Gasteiger partial charge in [-0.05, 0) is 18.2 Å². The quantitative estimate of drug-likeness (QED) is 0.766. The van der Waals surface area contributed by atoms with Gasteiger partial charge in [0.1, 0.15) is 0 Å². The Balaban J connectivity index is 1.98. The van der Waals surface area contributed by atoms with Gasteiger partial charge in [-0.2, -0.15) is 5.10 Å². The average Bonchev–Trinajstić information content (AvgIpc) is 2.84. The number of amides is 2. The van der Waals surface area contributed by atoms with Gasteiger partial charge in [-0.3, -0.25) is 0 Å². The van der Waals surface area contributed by atoms with Gasteiger partial charge in [0.25, 0.3) is 0 Å². The number of nitrogens with zero attached hydrogens (tertiary/aromatic N) is 2. The molecule has 4 N–H and O–H groups in total. The van der Waals surface area contributed by atoms with Crippen LogP contribution in [-0.2, 0) is 6.54 Å². The van der Waals surface area contributed by atoms with Crippen molar-refractivity contribution in [3.63, 3.8) is 0 Å². The maximum Gasteiger partial charge on any atom is 0.316 e. The molecule has 6 heteroatoms. The van der Waals surface area contributed by atoms with E-state index in [4.69, 9.17) is 5.73 Å². The van der Waals surface area contributed by atoms with Crippen LogP contribution in [0.2, 0.25) is 0 Å². The van der Waals surface area contributed by atoms with E-state index in [0.29, 0.717) is 12.2 Å². The number of urea groups is 1. The van der Waals surface area contributed by atoms with Crippen LogP contribution in [0.4, 0.5) is 16.2 Å². The molecule has 0 aliphatic carbocycles. The predicted octanol–water partition coefficient (Wildman–Crippen LogP) is 2.09. The lowest BCUT2D eigenvalue weighted by molar-refractivity contribution is 0.259. The van der Waals surface area contributed by atoms with Crippen molar-refractivity contribution < 1.29 is 4.79 Å². The lowest BCUT2D eigenvalue weighted by Gasteiger charge is -2.07. The number of nitrogens with two attached hydrogens (primary N) is 1. The highest BCUT2D eigenvalue weighted by Crippen LogP contribution is 2.15. The molecule has 0 aliphatic heterocycles. The molecular formula is C13H15N5O. The Morgan fingerprint density at radius 3 is 2.95 bits per heavy atom. The average molecular weight is 257 g/mol. The number of hydrogen-bond acceptors (Lipinski definition) is 3. The molecule has 0 radical (unpaired) electrons. The van der Waals surface area contributed by atoms with E-state index in [9.17, 15) is 4.79 Å². The lowest BCUT2D eigenvalue weighted by Crippen LogP contribution is -2.19. The van der Waals surface area contributed by atoms with Crippen LogP contribution in [0.25, 0.3) is 6.20 Å². The SMILES string of the molecule is C=Cn1cc(CNc2cccc(NC(N)=O)c2)cn1. The van der Waals surface area contributed by atoms with Crippen LogP contribution in [0, 0.1) is 0 Å². The molecule has 2 amide bonds. The van der Waals surface area contributed by atoms with Gasteiger partial charge in [-0.25, -0.2) is 9.48 Å². The summed E-state index contributed by atoms with van der Waals surface area (Å²) in [5.74, 6) is 0. The third kappa shape index (κ3) is 3.60. The molecule has 0 spiro atoms. The van der Waals surface area contributed by atoms with Crippen LogP contribution in [0.1, 0.15) is 5.56 Å². The molecular weight excluding hydrogens is 242 g/mol. The first kappa shape index (κ1) is 12.7. The van der Waals surface area contributed by atoms with Crippen molar-refractivity contribution in [1.29, 1.82) is 0 Å². The number of carbonyl (C=O) groups is 1. The van der Waals surface area contributed by atoms with Crippen molar-refractivity contribution in [3.8, 4) is 0 Å². The van der Waals surface area contributed by atoms with E-state index >= 15 is 0 Å². The van der Waals surface area contributed by atoms with Crippen LogP contribution in [0.15, 0.2) is 43.2 Å². The van der Waals surface area contributed by atoms with Gasteiger partial charge in [0.15, 0.2) is 0 Å². The minimum atomic E-state index is -0.579. The van der Waals surface area contributed by atoms with Gasteiger partial charge in [0.2, 0.25) is 0 Å². The number of benzene rings is 1. The largest absolute Gasteiger partial charge is 0.381 e. The van der Waals surface area contributed by atoms with E-state index in [2.05, 4.69) is 22.3 Å². The molecule has 1 aromatic carbocycles. The third-order valence-corrected chi connectivity index (χ3v) is 2.47. The van der Waals surface area contributed by atoms with Gasteiger partial charge in [0, 0.05) is 35.9 Å². The smallest absolute Gasteiger partial charge is 0.316 e. The zero-order valence-corrected chi connectivity index (χ0v) is 10.3. The summed E-state index contributed by atoms with van der Waals surface area (Å²) >= 11 is 0. The van der Waals surface area contributed by atoms with Crippen molar-refractivity contribution in [1.82, 2.24) is 9.78 Å². The van der Waals surface area contributed by atoms with Crippen molar-refractivity contribution in [2.24, 2.45) is 5.73 Å². The number of nitrogens with one attached hydrogen (secondary N) is 2. The predicted molar refractivity (Wildman–Crippen MR) is 75.6 cm³/mol. The fraction of sp³-hybridized carbons (Fsp3) is 0.0769. The zero-order chi connectivity index (χ0) is 13.7. The van der Waals surface area contributed by atoms with Crippen molar-refractivity contribution in [3.05, 3.63) is 48.8 Å². The van der Waals surface area contributed by atoms with E-state index in [1.807, 2.05) is 24.4 Å². The molecule has 6 nitrogen and oxygen atoms in total. The molecule has 2 aromatic rings. The van der Waals surface area contributed by atoms with Crippen LogP contribution < -0.4 is 16.4 Å². The number of hydrogen-bond donors (Lipinski definition) is 3. The fourth-order valence-corrected chi connectivity index (χ4v) is 1.62. The number of rotatable bonds is 5. The molecule has 0 aliphatic rings. The fourth-order valence-electron chi connectivity index (χ4n) is 1.62. The highest BCUT2D eigenvalue weighted by atomic mass is 16.2. The molecule has 1 aromatic heterocycles. The van der Waals surface area contributed by atoms with Gasteiger partial charge in [-0.1, -0.05) is 12.6 Å². The topological polar surface area (TPSA) is 85.0 Å². The standard InChI is InChI=1S/C13H15N5O/c1-2-18-9-10(8-16-18)7-15-11-4-3-5-12(6-11)17-13(14)19/h2-6,8-9,15H,1,7H2,(H3,14,17,19). The molecule has 0 saturated carbocycles. The lowest BCUT2D eigenvalue weighted by atomic mass is 10.2. The van der Waals surface area contributed by atoms with Crippen LogP contribution in [0.3, 0.4) is 0 Å². The van der Waals surface area contributed by atoms with E-state index in [1.54, 1.807) is 23.1 Å². The Kier molecular flexibility index (Phi) is 3.82. The van der Waals surface area contributed by atoms with Crippen LogP contribution >= 0.6 is 0 Å². The molecule has 0 fully saturated rings. The second kappa shape index (κ2) is 5.72. The van der Waals surface area contributed by atoms with Gasteiger partial charge in [-0.15, -0.1) is 0 Å². The summed E-state index contributed by atoms with van der Waals surface area (Å²) in [7, 11) is 0. The first-order valence-corrected chi connectivity index (χ1v) is 5.73. The van der Waals surface area contributed by atoms with Crippen LogP contribution in [-0.4, -0.2) is 15.8 Å². The summed E-state index contributed by atoms with van der Waals surface area (Å²) in [5, 5.41) is 9.85. The highest BCUT2D eigenvalue weighted by molar-refractivity contribution is 5.88. The minimum Gasteiger partial charge on any atom is -0.381 e.